The van der Waals surface area contributed by atoms with Gasteiger partial charge in [-0.3, -0.25) is 0 Å². The Balaban J connectivity index is 2.50. The maximum absolute atomic E-state index is 5.73. The molecule has 0 spiro atoms. The van der Waals surface area contributed by atoms with Gasteiger partial charge < -0.3 is 17.8 Å². The topological polar surface area (TPSA) is 45.5 Å². The fourth-order valence-electron chi connectivity index (χ4n) is 1.32. The highest BCUT2D eigenvalue weighted by Crippen LogP contribution is 2.16. The van der Waals surface area contributed by atoms with Gasteiger partial charge in [-0.05, 0) is 0 Å². The van der Waals surface area contributed by atoms with Crippen LogP contribution in [0.25, 0.3) is 0 Å². The van der Waals surface area contributed by atoms with Gasteiger partial charge in [0.05, 0.1) is 6.33 Å². The van der Waals surface area contributed by atoms with E-state index in [0.29, 0.717) is 6.73 Å². The van der Waals surface area contributed by atoms with Crippen LogP contribution in [-0.2, 0) is 20.0 Å². The zero-order valence-corrected chi connectivity index (χ0v) is 10.5. The molecule has 0 saturated heterocycles. The molecule has 0 amide bonds. The first-order valence-electron chi connectivity index (χ1n) is 4.96. The van der Waals surface area contributed by atoms with E-state index in [1.807, 2.05) is 10.8 Å². The average molecular weight is 230 g/mol. The monoisotopic (exact) mass is 230 g/mol. The maximum atomic E-state index is 5.73. The van der Waals surface area contributed by atoms with E-state index in [4.69, 9.17) is 13.3 Å². The Morgan fingerprint density at radius 2 is 2.07 bits per heavy atom. The van der Waals surface area contributed by atoms with Crippen LogP contribution in [0, 0.1) is 0 Å². The average Bonchev–Trinajstić information content (AvgIpc) is 2.77. The minimum absolute atomic E-state index is 0.425. The van der Waals surface area contributed by atoms with Crippen LogP contribution in [0.15, 0.2) is 18.7 Å². The molecule has 5 nitrogen and oxygen atoms in total. The van der Waals surface area contributed by atoms with Crippen LogP contribution in [-0.4, -0.2) is 32.6 Å². The Morgan fingerprint density at radius 1 is 1.33 bits per heavy atom. The normalized spacial score (nSPS) is 11.9. The molecule has 0 radical (unpaired) electrons. The number of nitrogens with zero attached hydrogens (tertiary/aromatic N) is 2. The molecule has 0 bridgehead atoms. The summed E-state index contributed by atoms with van der Waals surface area (Å²) in [6.07, 6.45) is 6.25. The van der Waals surface area contributed by atoms with Crippen molar-refractivity contribution in [1.29, 1.82) is 0 Å². The standard InChI is InChI=1S/C9H18N2O3Si/c1-4-7-15(12-2,13-3)14-9-11-6-5-10-8-11/h5-6,8H,4,7,9H2,1-3H3. The fraction of sp³-hybridized carbons (Fsp3) is 0.667. The van der Waals surface area contributed by atoms with E-state index in [2.05, 4.69) is 11.9 Å². The first-order valence-corrected chi connectivity index (χ1v) is 6.89. The highest BCUT2D eigenvalue weighted by atomic mass is 28.4. The zero-order valence-electron chi connectivity index (χ0n) is 9.47. The molecule has 0 unspecified atom stereocenters. The SMILES string of the molecule is CCC[Si](OC)(OC)OCn1ccnc1. The van der Waals surface area contributed by atoms with Crippen molar-refractivity contribution >= 4 is 8.80 Å². The van der Waals surface area contributed by atoms with E-state index >= 15 is 0 Å². The molecule has 0 aliphatic carbocycles. The van der Waals surface area contributed by atoms with Gasteiger partial charge in [-0.2, -0.15) is 0 Å². The lowest BCUT2D eigenvalue weighted by Crippen LogP contribution is -2.43. The summed E-state index contributed by atoms with van der Waals surface area (Å²) in [5.41, 5.74) is 0. The Kier molecular flexibility index (Phi) is 4.96. The van der Waals surface area contributed by atoms with Crippen LogP contribution in [0.3, 0.4) is 0 Å². The van der Waals surface area contributed by atoms with Gasteiger partial charge >= 0.3 is 8.80 Å². The van der Waals surface area contributed by atoms with Crippen LogP contribution >= 0.6 is 0 Å². The number of rotatable bonds is 7. The van der Waals surface area contributed by atoms with E-state index in [1.165, 1.54) is 0 Å². The van der Waals surface area contributed by atoms with Gasteiger partial charge in [-0.1, -0.05) is 13.3 Å². The first-order chi connectivity index (χ1) is 7.26. The highest BCUT2D eigenvalue weighted by molar-refractivity contribution is 6.60. The summed E-state index contributed by atoms with van der Waals surface area (Å²) in [6.45, 7) is 2.51. The number of aromatic nitrogens is 2. The summed E-state index contributed by atoms with van der Waals surface area (Å²) < 4.78 is 18.3. The lowest BCUT2D eigenvalue weighted by Gasteiger charge is -2.25. The molecule has 0 aliphatic heterocycles. The Labute approximate surface area is 91.4 Å². The second kappa shape index (κ2) is 6.01. The molecule has 0 aliphatic rings. The summed E-state index contributed by atoms with van der Waals surface area (Å²) in [6, 6.07) is 0.828. The van der Waals surface area contributed by atoms with Crippen LogP contribution in [0.5, 0.6) is 0 Å². The van der Waals surface area contributed by atoms with Crippen LogP contribution < -0.4 is 0 Å². The van der Waals surface area contributed by atoms with Gasteiger partial charge in [-0.15, -0.1) is 0 Å². The highest BCUT2D eigenvalue weighted by Gasteiger charge is 2.37. The molecular weight excluding hydrogens is 212 g/mol. The summed E-state index contributed by atoms with van der Waals surface area (Å²) >= 11 is 0. The Hall–Kier alpha value is -0.693. The zero-order chi connectivity index (χ0) is 11.1. The maximum Gasteiger partial charge on any atom is 0.501 e. The number of hydrogen-bond donors (Lipinski definition) is 0. The van der Waals surface area contributed by atoms with E-state index in [9.17, 15) is 0 Å². The molecule has 86 valence electrons. The van der Waals surface area contributed by atoms with E-state index in [0.717, 1.165) is 12.5 Å². The van der Waals surface area contributed by atoms with Gasteiger partial charge in [0.15, 0.2) is 0 Å². The predicted octanol–water partition coefficient (Wildman–Crippen LogP) is 1.50. The molecule has 0 atom stereocenters. The summed E-state index contributed by atoms with van der Waals surface area (Å²) in [5, 5.41) is 0. The van der Waals surface area contributed by atoms with Crippen molar-refractivity contribution in [3.8, 4) is 0 Å². The Bertz CT molecular complexity index is 262. The summed E-state index contributed by atoms with van der Waals surface area (Å²) in [7, 11) is 0.828. The molecule has 0 saturated carbocycles. The van der Waals surface area contributed by atoms with Gasteiger partial charge in [0.2, 0.25) is 0 Å². The van der Waals surface area contributed by atoms with Crippen molar-refractivity contribution in [3.05, 3.63) is 18.7 Å². The third-order valence-electron chi connectivity index (χ3n) is 2.17. The van der Waals surface area contributed by atoms with Gasteiger partial charge in [-0.25, -0.2) is 4.98 Å². The Morgan fingerprint density at radius 3 is 2.53 bits per heavy atom. The number of imidazole rings is 1. The predicted molar refractivity (Wildman–Crippen MR) is 58.2 cm³/mol. The van der Waals surface area contributed by atoms with Crippen LogP contribution in [0.2, 0.25) is 6.04 Å². The van der Waals surface area contributed by atoms with Crippen molar-refractivity contribution in [2.24, 2.45) is 0 Å². The molecule has 6 heteroatoms. The van der Waals surface area contributed by atoms with Gasteiger partial charge in [0, 0.05) is 32.7 Å². The third kappa shape index (κ3) is 3.42. The fourth-order valence-corrected chi connectivity index (χ4v) is 3.23. The van der Waals surface area contributed by atoms with Crippen molar-refractivity contribution in [3.63, 3.8) is 0 Å². The molecule has 0 fully saturated rings. The smallest absolute Gasteiger partial charge is 0.377 e. The molecule has 1 heterocycles. The molecule has 15 heavy (non-hydrogen) atoms. The minimum atomic E-state index is -2.45. The van der Waals surface area contributed by atoms with Crippen LogP contribution in [0.1, 0.15) is 13.3 Å². The van der Waals surface area contributed by atoms with E-state index in [1.54, 1.807) is 26.7 Å². The third-order valence-corrected chi connectivity index (χ3v) is 5.10. The van der Waals surface area contributed by atoms with Crippen molar-refractivity contribution in [2.75, 3.05) is 14.2 Å². The largest absolute Gasteiger partial charge is 0.501 e. The number of hydrogen-bond acceptors (Lipinski definition) is 4. The second-order valence-corrected chi connectivity index (χ2v) is 6.16. The molecule has 0 N–H and O–H groups in total. The van der Waals surface area contributed by atoms with E-state index in [-0.39, 0.29) is 0 Å². The van der Waals surface area contributed by atoms with Crippen molar-refractivity contribution in [2.45, 2.75) is 26.1 Å². The van der Waals surface area contributed by atoms with E-state index < -0.39 is 8.80 Å². The van der Waals surface area contributed by atoms with Crippen molar-refractivity contribution in [1.82, 2.24) is 9.55 Å². The molecule has 1 rings (SSSR count). The molecule has 1 aromatic heterocycles. The lowest BCUT2D eigenvalue weighted by atomic mass is 10.6. The quantitative estimate of drug-likeness (QED) is 0.666. The van der Waals surface area contributed by atoms with Gasteiger partial charge in [0.1, 0.15) is 6.73 Å². The first kappa shape index (κ1) is 12.4. The lowest BCUT2D eigenvalue weighted by molar-refractivity contribution is 0.0686. The second-order valence-electron chi connectivity index (χ2n) is 3.19. The summed E-state index contributed by atoms with van der Waals surface area (Å²) in [5.74, 6) is 0. The minimum Gasteiger partial charge on any atom is -0.377 e. The van der Waals surface area contributed by atoms with Crippen molar-refractivity contribution < 1.29 is 13.3 Å². The molecule has 1 aromatic rings. The molecule has 0 aromatic carbocycles. The molecular formula is C9H18N2O3Si. The van der Waals surface area contributed by atoms with Gasteiger partial charge in [0.25, 0.3) is 0 Å². The summed E-state index contributed by atoms with van der Waals surface area (Å²) in [4.78, 5) is 3.94. The van der Waals surface area contributed by atoms with Crippen LogP contribution in [0.4, 0.5) is 0 Å².